The summed E-state index contributed by atoms with van der Waals surface area (Å²) in [6.07, 6.45) is 5.19. The number of piperidine rings is 1. The summed E-state index contributed by atoms with van der Waals surface area (Å²) >= 11 is 0. The SMILES string of the molecule is [C-]#[N+]c1ccc2c3c1OC1C4(CCC5(O)C(C2)N(CC2CC2)CC[C@]315)OCCO4. The molecule has 29 heavy (non-hydrogen) atoms. The third-order valence-corrected chi connectivity index (χ3v) is 8.66. The van der Waals surface area contributed by atoms with E-state index in [1.807, 2.05) is 6.07 Å². The van der Waals surface area contributed by atoms with E-state index < -0.39 is 22.9 Å². The maximum absolute atomic E-state index is 12.4. The Morgan fingerprint density at radius 2 is 2.00 bits per heavy atom. The molecule has 1 aromatic rings. The number of benzene rings is 1. The van der Waals surface area contributed by atoms with Crippen molar-refractivity contribution in [1.82, 2.24) is 4.90 Å². The molecule has 2 saturated carbocycles. The van der Waals surface area contributed by atoms with Crippen LogP contribution in [0.2, 0.25) is 0 Å². The molecule has 3 aliphatic heterocycles. The van der Waals surface area contributed by atoms with Gasteiger partial charge in [0.05, 0.1) is 30.8 Å². The first-order chi connectivity index (χ1) is 14.1. The highest BCUT2D eigenvalue weighted by Gasteiger charge is 2.77. The van der Waals surface area contributed by atoms with E-state index in [0.29, 0.717) is 37.5 Å². The van der Waals surface area contributed by atoms with Crippen molar-refractivity contribution in [2.45, 2.75) is 67.5 Å². The van der Waals surface area contributed by atoms with Gasteiger partial charge in [-0.2, -0.15) is 0 Å². The maximum Gasteiger partial charge on any atom is 0.228 e. The van der Waals surface area contributed by atoms with Crippen LogP contribution in [0.15, 0.2) is 12.1 Å². The zero-order valence-corrected chi connectivity index (χ0v) is 16.5. The molecule has 1 N–H and O–H groups in total. The minimum absolute atomic E-state index is 0.0962. The number of aliphatic hydroxyl groups is 1. The topological polar surface area (TPSA) is 55.5 Å². The van der Waals surface area contributed by atoms with Gasteiger partial charge in [0.1, 0.15) is 5.75 Å². The van der Waals surface area contributed by atoms with E-state index in [9.17, 15) is 5.11 Å². The van der Waals surface area contributed by atoms with Gasteiger partial charge in [0.15, 0.2) is 6.10 Å². The standard InChI is InChI=1S/C23H26N2O4/c1-24-16-5-4-15-12-17-22(26)6-7-23(27-10-11-28-23)20-21(22,18(15)19(16)29-20)8-9-25(17)13-14-2-3-14/h4-5,14,17,20,26H,2-3,6-13H2/t17?,20?,21-,22?/m0/s1. The highest BCUT2D eigenvalue weighted by Crippen LogP contribution is 2.68. The lowest BCUT2D eigenvalue weighted by Crippen LogP contribution is -2.79. The lowest BCUT2D eigenvalue weighted by molar-refractivity contribution is -0.296. The van der Waals surface area contributed by atoms with Gasteiger partial charge < -0.3 is 19.3 Å². The largest absolute Gasteiger partial charge is 0.494 e. The molecule has 2 bridgehead atoms. The first-order valence-corrected chi connectivity index (χ1v) is 11.1. The number of hydrogen-bond donors (Lipinski definition) is 1. The molecule has 4 fully saturated rings. The van der Waals surface area contributed by atoms with Crippen LogP contribution in [0.4, 0.5) is 5.69 Å². The van der Waals surface area contributed by atoms with Gasteiger partial charge >= 0.3 is 0 Å². The smallest absolute Gasteiger partial charge is 0.228 e. The molecule has 7 rings (SSSR count). The van der Waals surface area contributed by atoms with E-state index in [-0.39, 0.29) is 6.04 Å². The van der Waals surface area contributed by atoms with Gasteiger partial charge in [-0.15, -0.1) is 0 Å². The number of hydrogen-bond acceptors (Lipinski definition) is 5. The van der Waals surface area contributed by atoms with Gasteiger partial charge in [-0.1, -0.05) is 12.1 Å². The van der Waals surface area contributed by atoms with Gasteiger partial charge in [-0.05, 0) is 55.7 Å². The Balaban J connectivity index is 1.46. The van der Waals surface area contributed by atoms with E-state index >= 15 is 0 Å². The molecule has 0 amide bonds. The lowest BCUT2D eigenvalue weighted by atomic mass is 9.48. The lowest BCUT2D eigenvalue weighted by Gasteiger charge is -2.65. The van der Waals surface area contributed by atoms with Crippen LogP contribution in [0.25, 0.3) is 4.85 Å². The molecule has 6 nitrogen and oxygen atoms in total. The van der Waals surface area contributed by atoms with Crippen LogP contribution >= 0.6 is 0 Å². The third-order valence-electron chi connectivity index (χ3n) is 8.66. The van der Waals surface area contributed by atoms with Crippen LogP contribution < -0.4 is 4.74 Å². The Morgan fingerprint density at radius 1 is 1.17 bits per heavy atom. The van der Waals surface area contributed by atoms with Gasteiger partial charge in [-0.25, -0.2) is 4.85 Å². The Hall–Kier alpha value is -1.65. The number of ether oxygens (including phenoxy) is 3. The third kappa shape index (κ3) is 1.87. The van der Waals surface area contributed by atoms with E-state index in [1.165, 1.54) is 18.4 Å². The predicted molar refractivity (Wildman–Crippen MR) is 104 cm³/mol. The zero-order valence-electron chi connectivity index (χ0n) is 16.5. The number of rotatable bonds is 2. The second kappa shape index (κ2) is 5.33. The molecule has 2 saturated heterocycles. The maximum atomic E-state index is 12.4. The summed E-state index contributed by atoms with van der Waals surface area (Å²) < 4.78 is 19.0. The van der Waals surface area contributed by atoms with Crippen LogP contribution in [0, 0.1) is 12.5 Å². The fraction of sp³-hybridized carbons (Fsp3) is 0.696. The summed E-state index contributed by atoms with van der Waals surface area (Å²) in [7, 11) is 0. The van der Waals surface area contributed by atoms with E-state index in [1.54, 1.807) is 0 Å². The number of likely N-dealkylation sites (tertiary alicyclic amines) is 1. The molecule has 0 aromatic heterocycles. The molecule has 3 heterocycles. The summed E-state index contributed by atoms with van der Waals surface area (Å²) in [6, 6.07) is 4.09. The highest BCUT2D eigenvalue weighted by molar-refractivity contribution is 5.70. The number of nitrogens with zero attached hydrogens (tertiary/aromatic N) is 2. The highest BCUT2D eigenvalue weighted by atomic mass is 16.8. The second-order valence-corrected chi connectivity index (χ2v) is 9.87. The van der Waals surface area contributed by atoms with Gasteiger partial charge in [0.2, 0.25) is 11.5 Å². The summed E-state index contributed by atoms with van der Waals surface area (Å²) in [4.78, 5) is 6.30. The van der Waals surface area contributed by atoms with Crippen molar-refractivity contribution in [2.24, 2.45) is 5.92 Å². The fourth-order valence-corrected chi connectivity index (χ4v) is 7.29. The van der Waals surface area contributed by atoms with Crippen molar-refractivity contribution in [3.8, 4) is 5.75 Å². The van der Waals surface area contributed by atoms with Gasteiger partial charge in [-0.3, -0.25) is 4.90 Å². The van der Waals surface area contributed by atoms with Gasteiger partial charge in [0, 0.05) is 19.0 Å². The minimum atomic E-state index is -0.871. The Kier molecular flexibility index (Phi) is 3.14. The molecule has 0 radical (unpaired) electrons. The minimum Gasteiger partial charge on any atom is -0.494 e. The Bertz CT molecular complexity index is 947. The van der Waals surface area contributed by atoms with Crippen molar-refractivity contribution >= 4 is 5.69 Å². The summed E-state index contributed by atoms with van der Waals surface area (Å²) in [5.74, 6) is 0.666. The van der Waals surface area contributed by atoms with Crippen LogP contribution in [-0.4, -0.2) is 59.8 Å². The van der Waals surface area contributed by atoms with E-state index in [4.69, 9.17) is 20.8 Å². The van der Waals surface area contributed by atoms with Crippen LogP contribution in [-0.2, 0) is 21.3 Å². The molecular formula is C23H26N2O4. The van der Waals surface area contributed by atoms with Gasteiger partial charge in [0.25, 0.3) is 0 Å². The zero-order chi connectivity index (χ0) is 19.4. The second-order valence-electron chi connectivity index (χ2n) is 9.87. The van der Waals surface area contributed by atoms with Crippen LogP contribution in [0.5, 0.6) is 5.75 Å². The molecular weight excluding hydrogens is 368 g/mol. The van der Waals surface area contributed by atoms with E-state index in [0.717, 1.165) is 37.4 Å². The van der Waals surface area contributed by atoms with Crippen molar-refractivity contribution in [1.29, 1.82) is 0 Å². The average molecular weight is 394 g/mol. The van der Waals surface area contributed by atoms with Crippen molar-refractivity contribution in [3.05, 3.63) is 34.7 Å². The summed E-state index contributed by atoms with van der Waals surface area (Å²) in [6.45, 7) is 10.8. The molecule has 3 unspecified atom stereocenters. The van der Waals surface area contributed by atoms with E-state index in [2.05, 4.69) is 15.8 Å². The van der Waals surface area contributed by atoms with Crippen molar-refractivity contribution < 1.29 is 19.3 Å². The average Bonchev–Trinajstić information content (AvgIpc) is 3.28. The Morgan fingerprint density at radius 3 is 2.76 bits per heavy atom. The first-order valence-electron chi connectivity index (χ1n) is 11.1. The number of fused-ring (bicyclic) bond motifs is 1. The van der Waals surface area contributed by atoms with Crippen molar-refractivity contribution in [3.63, 3.8) is 0 Å². The summed E-state index contributed by atoms with van der Waals surface area (Å²) in [5, 5.41) is 12.4. The fourth-order valence-electron chi connectivity index (χ4n) is 7.29. The monoisotopic (exact) mass is 394 g/mol. The summed E-state index contributed by atoms with van der Waals surface area (Å²) in [5.41, 5.74) is 1.44. The molecule has 6 aliphatic rings. The van der Waals surface area contributed by atoms with Crippen LogP contribution in [0.3, 0.4) is 0 Å². The van der Waals surface area contributed by atoms with Crippen LogP contribution in [0.1, 0.15) is 43.2 Å². The Labute approximate surface area is 170 Å². The predicted octanol–water partition coefficient (Wildman–Crippen LogP) is 2.54. The quantitative estimate of drug-likeness (QED) is 0.782. The molecule has 3 aliphatic carbocycles. The molecule has 1 aromatic carbocycles. The molecule has 4 atom stereocenters. The normalized spacial score (nSPS) is 41.1. The first kappa shape index (κ1) is 17.1. The van der Waals surface area contributed by atoms with Crippen molar-refractivity contribution in [2.75, 3.05) is 26.3 Å². The molecule has 6 heteroatoms. The molecule has 152 valence electrons. The molecule has 2 spiro atoms.